The summed E-state index contributed by atoms with van der Waals surface area (Å²) in [6, 6.07) is 16.4. The van der Waals surface area contributed by atoms with Crippen molar-refractivity contribution >= 4 is 17.8 Å². The van der Waals surface area contributed by atoms with Crippen molar-refractivity contribution in [2.24, 2.45) is 0 Å². The molecule has 0 saturated heterocycles. The molecular weight excluding hydrogens is 222 g/mol. The molecule has 1 N–H and O–H groups in total. The molecule has 3 rings (SSSR count). The standard InChI is InChI=1S/C16H15NO/c18-12-17-11-15-7-2-1-5-13(15)9-10-14-6-3-4-8-16(14)17/h1-10,18H,11-12H2/b10-9-. The summed E-state index contributed by atoms with van der Waals surface area (Å²) in [6.45, 7) is 0.757. The summed E-state index contributed by atoms with van der Waals surface area (Å²) >= 11 is 0. The third-order valence-electron chi connectivity index (χ3n) is 3.31. The van der Waals surface area contributed by atoms with Crippen molar-refractivity contribution in [3.63, 3.8) is 0 Å². The first kappa shape index (κ1) is 11.1. The van der Waals surface area contributed by atoms with Crippen LogP contribution in [0, 0.1) is 0 Å². The Balaban J connectivity index is 2.15. The van der Waals surface area contributed by atoms with Crippen LogP contribution >= 0.6 is 0 Å². The molecular formula is C16H15NO. The highest BCUT2D eigenvalue weighted by molar-refractivity contribution is 5.79. The lowest BCUT2D eigenvalue weighted by atomic mass is 10.0. The van der Waals surface area contributed by atoms with Crippen LogP contribution in [-0.4, -0.2) is 11.8 Å². The molecule has 0 unspecified atom stereocenters. The highest BCUT2D eigenvalue weighted by Crippen LogP contribution is 2.27. The lowest BCUT2D eigenvalue weighted by molar-refractivity contribution is 0.289. The highest BCUT2D eigenvalue weighted by atomic mass is 16.3. The van der Waals surface area contributed by atoms with Gasteiger partial charge in [-0.05, 0) is 22.8 Å². The summed E-state index contributed by atoms with van der Waals surface area (Å²) in [5, 5.41) is 9.58. The normalized spacial score (nSPS) is 15.3. The van der Waals surface area contributed by atoms with Gasteiger partial charge in [-0.2, -0.15) is 0 Å². The summed E-state index contributed by atoms with van der Waals surface area (Å²) in [4.78, 5) is 1.98. The maximum absolute atomic E-state index is 9.58. The van der Waals surface area contributed by atoms with Gasteiger partial charge < -0.3 is 10.0 Å². The van der Waals surface area contributed by atoms with E-state index in [4.69, 9.17) is 0 Å². The largest absolute Gasteiger partial charge is 0.376 e. The first-order valence-corrected chi connectivity index (χ1v) is 6.09. The second-order valence-corrected chi connectivity index (χ2v) is 4.43. The maximum Gasteiger partial charge on any atom is 0.116 e. The number of para-hydroxylation sites is 1. The summed E-state index contributed by atoms with van der Waals surface area (Å²) in [7, 11) is 0. The van der Waals surface area contributed by atoms with Gasteiger partial charge in [0.25, 0.3) is 0 Å². The molecule has 2 aromatic carbocycles. The van der Waals surface area contributed by atoms with E-state index in [0.717, 1.165) is 17.8 Å². The van der Waals surface area contributed by atoms with Crippen LogP contribution in [-0.2, 0) is 6.54 Å². The van der Waals surface area contributed by atoms with Gasteiger partial charge in [-0.1, -0.05) is 54.6 Å². The molecule has 1 heterocycles. The number of aliphatic hydroxyl groups excluding tert-OH is 1. The molecule has 90 valence electrons. The molecule has 2 heteroatoms. The van der Waals surface area contributed by atoms with Gasteiger partial charge in [-0.3, -0.25) is 0 Å². The molecule has 0 radical (unpaired) electrons. The minimum absolute atomic E-state index is 0.0270. The molecule has 0 aromatic heterocycles. The Kier molecular flexibility index (Phi) is 2.87. The lowest BCUT2D eigenvalue weighted by Gasteiger charge is -2.26. The summed E-state index contributed by atoms with van der Waals surface area (Å²) < 4.78 is 0. The van der Waals surface area contributed by atoms with Crippen LogP contribution < -0.4 is 4.90 Å². The summed E-state index contributed by atoms with van der Waals surface area (Å²) in [5.74, 6) is 0. The monoisotopic (exact) mass is 237 g/mol. The predicted octanol–water partition coefficient (Wildman–Crippen LogP) is 3.13. The van der Waals surface area contributed by atoms with Crippen LogP contribution in [0.2, 0.25) is 0 Å². The van der Waals surface area contributed by atoms with Crippen molar-refractivity contribution in [1.29, 1.82) is 0 Å². The van der Waals surface area contributed by atoms with E-state index in [1.54, 1.807) is 0 Å². The highest BCUT2D eigenvalue weighted by Gasteiger charge is 2.13. The number of hydrogen-bond acceptors (Lipinski definition) is 2. The van der Waals surface area contributed by atoms with Crippen LogP contribution in [0.1, 0.15) is 16.7 Å². The Bertz CT molecular complexity index is 589. The van der Waals surface area contributed by atoms with Crippen molar-refractivity contribution < 1.29 is 5.11 Å². The maximum atomic E-state index is 9.58. The van der Waals surface area contributed by atoms with Crippen LogP contribution in [0.25, 0.3) is 12.2 Å². The summed E-state index contributed by atoms with van der Waals surface area (Å²) in [6.07, 6.45) is 4.25. The molecule has 0 aliphatic carbocycles. The number of nitrogens with zero attached hydrogens (tertiary/aromatic N) is 1. The van der Waals surface area contributed by atoms with E-state index in [1.807, 2.05) is 35.2 Å². The van der Waals surface area contributed by atoms with Gasteiger partial charge in [0.2, 0.25) is 0 Å². The zero-order valence-electron chi connectivity index (χ0n) is 10.1. The zero-order chi connectivity index (χ0) is 12.4. The van der Waals surface area contributed by atoms with E-state index in [-0.39, 0.29) is 6.73 Å². The Morgan fingerprint density at radius 3 is 2.39 bits per heavy atom. The van der Waals surface area contributed by atoms with Crippen LogP contribution in [0.5, 0.6) is 0 Å². The van der Waals surface area contributed by atoms with Crippen LogP contribution in [0.15, 0.2) is 48.5 Å². The Hall–Kier alpha value is -2.06. The van der Waals surface area contributed by atoms with Gasteiger partial charge in [0.1, 0.15) is 6.73 Å². The second kappa shape index (κ2) is 4.67. The fourth-order valence-electron chi connectivity index (χ4n) is 2.35. The van der Waals surface area contributed by atoms with E-state index < -0.39 is 0 Å². The molecule has 0 saturated carbocycles. The molecule has 0 atom stereocenters. The number of benzene rings is 2. The van der Waals surface area contributed by atoms with Gasteiger partial charge >= 0.3 is 0 Å². The average molecular weight is 237 g/mol. The number of aliphatic hydroxyl groups is 1. The molecule has 2 nitrogen and oxygen atoms in total. The fourth-order valence-corrected chi connectivity index (χ4v) is 2.35. The van der Waals surface area contributed by atoms with Crippen molar-refractivity contribution in [2.45, 2.75) is 6.54 Å². The molecule has 0 bridgehead atoms. The lowest BCUT2D eigenvalue weighted by Crippen LogP contribution is -2.25. The molecule has 18 heavy (non-hydrogen) atoms. The first-order valence-electron chi connectivity index (χ1n) is 6.09. The van der Waals surface area contributed by atoms with E-state index in [1.165, 1.54) is 11.1 Å². The van der Waals surface area contributed by atoms with Crippen molar-refractivity contribution in [2.75, 3.05) is 11.6 Å². The molecule has 1 aliphatic rings. The van der Waals surface area contributed by atoms with E-state index in [2.05, 4.69) is 30.4 Å². The van der Waals surface area contributed by atoms with Crippen molar-refractivity contribution in [3.8, 4) is 0 Å². The van der Waals surface area contributed by atoms with E-state index in [0.29, 0.717) is 0 Å². The van der Waals surface area contributed by atoms with E-state index in [9.17, 15) is 5.11 Å². The third kappa shape index (κ3) is 1.91. The van der Waals surface area contributed by atoms with Gasteiger partial charge in [-0.25, -0.2) is 0 Å². The predicted molar refractivity (Wildman–Crippen MR) is 75.1 cm³/mol. The topological polar surface area (TPSA) is 23.5 Å². The number of fused-ring (bicyclic) bond motifs is 2. The quantitative estimate of drug-likeness (QED) is 0.823. The molecule has 2 aromatic rings. The molecule has 0 spiro atoms. The molecule has 1 aliphatic heterocycles. The average Bonchev–Trinajstić information content (AvgIpc) is 2.41. The van der Waals surface area contributed by atoms with Crippen LogP contribution in [0.3, 0.4) is 0 Å². The Morgan fingerprint density at radius 2 is 1.56 bits per heavy atom. The molecule has 0 fully saturated rings. The van der Waals surface area contributed by atoms with Crippen molar-refractivity contribution in [3.05, 3.63) is 65.2 Å². The minimum Gasteiger partial charge on any atom is -0.376 e. The first-order chi connectivity index (χ1) is 8.88. The van der Waals surface area contributed by atoms with Gasteiger partial charge in [-0.15, -0.1) is 0 Å². The SMILES string of the molecule is OCN1Cc2ccccc2/C=C\c2ccccc21. The van der Waals surface area contributed by atoms with Gasteiger partial charge in [0.05, 0.1) is 0 Å². The zero-order valence-corrected chi connectivity index (χ0v) is 10.1. The minimum atomic E-state index is 0.0270. The number of rotatable bonds is 1. The number of hydrogen-bond donors (Lipinski definition) is 1. The smallest absolute Gasteiger partial charge is 0.116 e. The van der Waals surface area contributed by atoms with Gasteiger partial charge in [0.15, 0.2) is 0 Å². The van der Waals surface area contributed by atoms with Crippen molar-refractivity contribution in [1.82, 2.24) is 0 Å². The summed E-state index contributed by atoms with van der Waals surface area (Å²) in [5.41, 5.74) is 4.66. The van der Waals surface area contributed by atoms with E-state index >= 15 is 0 Å². The fraction of sp³-hybridized carbons (Fsp3) is 0.125. The van der Waals surface area contributed by atoms with Gasteiger partial charge in [0, 0.05) is 12.2 Å². The Morgan fingerprint density at radius 1 is 0.889 bits per heavy atom. The second-order valence-electron chi connectivity index (χ2n) is 4.43. The van der Waals surface area contributed by atoms with Crippen LogP contribution in [0.4, 0.5) is 5.69 Å². The Labute approximate surface area is 107 Å². The molecule has 0 amide bonds. The third-order valence-corrected chi connectivity index (χ3v) is 3.31. The number of anilines is 1.